The molecule has 3 aromatic rings. The summed E-state index contributed by atoms with van der Waals surface area (Å²) in [5.74, 6) is -1.08. The monoisotopic (exact) mass is 499 g/mol. The SMILES string of the molecule is CCN(CC)CCN(C(=O)CCS(=O)(=O)c1ccccc1)c1nc2c(F)cccc2s1.Cl. The number of thiazole rings is 1. The number of nitrogens with zero attached hydrogens (tertiary/aromatic N) is 3. The highest BCUT2D eigenvalue weighted by molar-refractivity contribution is 7.91. The van der Waals surface area contributed by atoms with Crippen LogP contribution < -0.4 is 4.90 Å². The van der Waals surface area contributed by atoms with Gasteiger partial charge in [0.15, 0.2) is 15.0 Å². The molecule has 1 amide bonds. The maximum Gasteiger partial charge on any atom is 0.229 e. The Morgan fingerprint density at radius 1 is 1.03 bits per heavy atom. The molecule has 32 heavy (non-hydrogen) atoms. The van der Waals surface area contributed by atoms with E-state index in [0.29, 0.717) is 22.9 Å². The number of halogens is 2. The van der Waals surface area contributed by atoms with Gasteiger partial charge in [0, 0.05) is 19.5 Å². The number of carbonyl (C=O) groups excluding carboxylic acids is 1. The smallest absolute Gasteiger partial charge is 0.229 e. The van der Waals surface area contributed by atoms with E-state index in [2.05, 4.69) is 9.88 Å². The largest absolute Gasteiger partial charge is 0.302 e. The highest BCUT2D eigenvalue weighted by atomic mass is 35.5. The van der Waals surface area contributed by atoms with E-state index in [1.807, 2.05) is 13.8 Å². The van der Waals surface area contributed by atoms with Crippen molar-refractivity contribution in [2.45, 2.75) is 25.2 Å². The lowest BCUT2D eigenvalue weighted by atomic mass is 10.3. The van der Waals surface area contributed by atoms with Gasteiger partial charge in [0.2, 0.25) is 5.91 Å². The number of anilines is 1. The van der Waals surface area contributed by atoms with Crippen molar-refractivity contribution >= 4 is 54.8 Å². The van der Waals surface area contributed by atoms with Gasteiger partial charge >= 0.3 is 0 Å². The Morgan fingerprint density at radius 3 is 2.34 bits per heavy atom. The number of para-hydroxylation sites is 1. The maximum atomic E-state index is 14.1. The van der Waals surface area contributed by atoms with Crippen LogP contribution in [0.1, 0.15) is 20.3 Å². The summed E-state index contributed by atoms with van der Waals surface area (Å²) in [6.45, 7) is 6.70. The first-order valence-corrected chi connectivity index (χ1v) is 12.7. The molecule has 10 heteroatoms. The fourth-order valence-electron chi connectivity index (χ4n) is 3.23. The summed E-state index contributed by atoms with van der Waals surface area (Å²) in [5, 5.41) is 0.384. The lowest BCUT2D eigenvalue weighted by molar-refractivity contribution is -0.118. The van der Waals surface area contributed by atoms with Gasteiger partial charge in [-0.3, -0.25) is 9.69 Å². The normalized spacial score (nSPS) is 11.5. The molecule has 2 aromatic carbocycles. The first-order valence-electron chi connectivity index (χ1n) is 10.2. The Bertz CT molecular complexity index is 1140. The van der Waals surface area contributed by atoms with Crippen LogP contribution in [0.2, 0.25) is 0 Å². The highest BCUT2D eigenvalue weighted by Crippen LogP contribution is 2.30. The summed E-state index contributed by atoms with van der Waals surface area (Å²) in [6, 6.07) is 12.8. The third kappa shape index (κ3) is 6.25. The number of hydrogen-bond acceptors (Lipinski definition) is 6. The minimum atomic E-state index is -3.58. The Morgan fingerprint density at radius 2 is 1.72 bits per heavy atom. The molecule has 1 aromatic heterocycles. The zero-order valence-electron chi connectivity index (χ0n) is 18.0. The summed E-state index contributed by atoms with van der Waals surface area (Å²) in [6.07, 6.45) is -0.173. The van der Waals surface area contributed by atoms with Gasteiger partial charge in [-0.1, -0.05) is 49.4 Å². The van der Waals surface area contributed by atoms with Crippen molar-refractivity contribution < 1.29 is 17.6 Å². The number of benzene rings is 2. The molecule has 0 bridgehead atoms. The van der Waals surface area contributed by atoms with E-state index in [-0.39, 0.29) is 40.9 Å². The summed E-state index contributed by atoms with van der Waals surface area (Å²) in [7, 11) is -3.58. The van der Waals surface area contributed by atoms with Gasteiger partial charge in [-0.05, 0) is 37.4 Å². The van der Waals surface area contributed by atoms with Gasteiger partial charge < -0.3 is 4.90 Å². The van der Waals surface area contributed by atoms with Crippen LogP contribution >= 0.6 is 23.7 Å². The predicted octanol–water partition coefficient (Wildman–Crippen LogP) is 4.40. The zero-order valence-corrected chi connectivity index (χ0v) is 20.5. The van der Waals surface area contributed by atoms with E-state index in [0.717, 1.165) is 13.1 Å². The molecule has 0 aliphatic rings. The molecule has 0 fully saturated rings. The highest BCUT2D eigenvalue weighted by Gasteiger charge is 2.24. The second-order valence-electron chi connectivity index (χ2n) is 7.04. The van der Waals surface area contributed by atoms with Crippen molar-refractivity contribution in [1.29, 1.82) is 0 Å². The fourth-order valence-corrected chi connectivity index (χ4v) is 5.50. The molecule has 174 valence electrons. The van der Waals surface area contributed by atoms with E-state index >= 15 is 0 Å². The molecular formula is C22H27ClFN3O3S2. The van der Waals surface area contributed by atoms with Crippen LogP contribution in [0.25, 0.3) is 10.2 Å². The van der Waals surface area contributed by atoms with E-state index in [9.17, 15) is 17.6 Å². The Labute approximate surface area is 198 Å². The van der Waals surface area contributed by atoms with Crippen LogP contribution in [0.4, 0.5) is 9.52 Å². The molecule has 0 aliphatic carbocycles. The number of hydrogen-bond donors (Lipinski definition) is 0. The van der Waals surface area contributed by atoms with Gasteiger partial charge in [-0.15, -0.1) is 12.4 Å². The number of likely N-dealkylation sites (N-methyl/N-ethyl adjacent to an activating group) is 1. The van der Waals surface area contributed by atoms with E-state index < -0.39 is 15.7 Å². The quantitative estimate of drug-likeness (QED) is 0.413. The molecule has 3 rings (SSSR count). The van der Waals surface area contributed by atoms with Crippen molar-refractivity contribution in [3.05, 3.63) is 54.3 Å². The second kappa shape index (κ2) is 11.7. The van der Waals surface area contributed by atoms with E-state index in [4.69, 9.17) is 0 Å². The fraction of sp³-hybridized carbons (Fsp3) is 0.364. The second-order valence-corrected chi connectivity index (χ2v) is 10.2. The number of sulfone groups is 1. The summed E-state index contributed by atoms with van der Waals surface area (Å²) in [5.41, 5.74) is 0.222. The molecule has 0 N–H and O–H groups in total. The molecule has 1 heterocycles. The first kappa shape index (κ1) is 26.2. The van der Waals surface area contributed by atoms with Crippen LogP contribution in [0.3, 0.4) is 0 Å². The zero-order chi connectivity index (χ0) is 22.4. The Balaban J connectivity index is 0.00000363. The van der Waals surface area contributed by atoms with Crippen LogP contribution in [-0.4, -0.2) is 56.1 Å². The van der Waals surface area contributed by atoms with Crippen molar-refractivity contribution in [3.63, 3.8) is 0 Å². The minimum Gasteiger partial charge on any atom is -0.302 e. The lowest BCUT2D eigenvalue weighted by Gasteiger charge is -2.24. The summed E-state index contributed by atoms with van der Waals surface area (Å²) >= 11 is 1.23. The Kier molecular flexibility index (Phi) is 9.57. The molecule has 6 nitrogen and oxygen atoms in total. The summed E-state index contributed by atoms with van der Waals surface area (Å²) in [4.78, 5) is 21.3. The van der Waals surface area contributed by atoms with Crippen molar-refractivity contribution in [1.82, 2.24) is 9.88 Å². The number of amides is 1. The standard InChI is InChI=1S/C22H26FN3O3S2.ClH/c1-3-25(4-2)14-15-26(22-24-21-18(23)11-8-12-19(21)30-22)20(27)13-16-31(28,29)17-9-6-5-7-10-17;/h5-12H,3-4,13-16H2,1-2H3;1H. The third-order valence-corrected chi connectivity index (χ3v) is 7.89. The predicted molar refractivity (Wildman–Crippen MR) is 130 cm³/mol. The van der Waals surface area contributed by atoms with Crippen LogP contribution in [0.5, 0.6) is 0 Å². The van der Waals surface area contributed by atoms with Crippen molar-refractivity contribution in [2.24, 2.45) is 0 Å². The number of carbonyl (C=O) groups is 1. The molecule has 0 spiro atoms. The topological polar surface area (TPSA) is 70.6 Å². The number of fused-ring (bicyclic) bond motifs is 1. The van der Waals surface area contributed by atoms with Crippen LogP contribution in [0, 0.1) is 5.82 Å². The molecule has 0 aliphatic heterocycles. The van der Waals surface area contributed by atoms with Crippen LogP contribution in [0.15, 0.2) is 53.4 Å². The number of rotatable bonds is 10. The number of aromatic nitrogens is 1. The summed E-state index contributed by atoms with van der Waals surface area (Å²) < 4.78 is 40.0. The Hall–Kier alpha value is -2.07. The molecule has 0 atom stereocenters. The van der Waals surface area contributed by atoms with Gasteiger partial charge in [0.25, 0.3) is 0 Å². The van der Waals surface area contributed by atoms with Gasteiger partial charge in [-0.2, -0.15) is 0 Å². The van der Waals surface area contributed by atoms with Crippen LogP contribution in [-0.2, 0) is 14.6 Å². The van der Waals surface area contributed by atoms with Gasteiger partial charge in [-0.25, -0.2) is 17.8 Å². The van der Waals surface area contributed by atoms with Gasteiger partial charge in [0.1, 0.15) is 11.3 Å². The molecule has 0 saturated heterocycles. The maximum absolute atomic E-state index is 14.1. The van der Waals surface area contributed by atoms with Crippen molar-refractivity contribution in [3.8, 4) is 0 Å². The van der Waals surface area contributed by atoms with E-state index in [1.165, 1.54) is 34.4 Å². The molecule has 0 unspecified atom stereocenters. The van der Waals surface area contributed by atoms with E-state index in [1.54, 1.807) is 30.3 Å². The average Bonchev–Trinajstić information content (AvgIpc) is 3.21. The molecule has 0 saturated carbocycles. The molecule has 0 radical (unpaired) electrons. The van der Waals surface area contributed by atoms with Crippen molar-refractivity contribution in [2.75, 3.05) is 36.8 Å². The first-order chi connectivity index (χ1) is 14.9. The lowest BCUT2D eigenvalue weighted by Crippen LogP contribution is -2.39. The molecular weight excluding hydrogens is 473 g/mol. The van der Waals surface area contributed by atoms with Gasteiger partial charge in [0.05, 0.1) is 15.3 Å². The average molecular weight is 500 g/mol. The minimum absolute atomic E-state index is 0. The third-order valence-electron chi connectivity index (χ3n) is 5.11.